The molecule has 2 nitrogen and oxygen atoms in total. The molecule has 0 unspecified atom stereocenters. The smallest absolute Gasteiger partial charge is 0.316 e. The molecule has 0 aromatic rings. The van der Waals surface area contributed by atoms with Crippen LogP contribution >= 0.6 is 0 Å². The topological polar surface area (TPSA) is 34.1 Å². The first-order chi connectivity index (χ1) is 1.00. The van der Waals surface area contributed by atoms with Gasteiger partial charge in [0.25, 0.3) is 0 Å². The molecule has 0 bridgehead atoms. The third-order valence-electron chi connectivity index (χ3n) is 0. The van der Waals surface area contributed by atoms with E-state index in [4.69, 9.17) is 9.93 Å². The van der Waals surface area contributed by atoms with Crippen molar-refractivity contribution < 1.29 is 0 Å². The fourth-order valence-electron chi connectivity index (χ4n) is 0. The van der Waals surface area contributed by atoms with Crippen molar-refractivity contribution in [2.24, 2.45) is 0 Å². The Labute approximate surface area is 69.7 Å². The van der Waals surface area contributed by atoms with Gasteiger partial charge in [0.1, 0.15) is 0 Å². The Morgan fingerprint density at radius 1 is 1.00 bits per heavy atom. The van der Waals surface area contributed by atoms with Gasteiger partial charge >= 0.3 is 60.8 Å². The van der Waals surface area contributed by atoms with Crippen LogP contribution in [0.4, 0.5) is 0 Å². The predicted octanol–water partition coefficient (Wildman–Crippen LogP) is -1.77. The first-order valence-electron chi connectivity index (χ1n) is 0.167. The SMILES string of the molecule is O=O.[CaH2].[MgH2]. The van der Waals surface area contributed by atoms with Crippen LogP contribution in [0, 0.1) is 9.93 Å². The summed E-state index contributed by atoms with van der Waals surface area (Å²) in [5.41, 5.74) is 0. The standard InChI is InChI=1S/Ca.Mg.O2.4H/c;;1-2;;;;. The van der Waals surface area contributed by atoms with Crippen LogP contribution in [0.25, 0.3) is 0 Å². The third kappa shape index (κ3) is 9.46. The molecule has 4 heteroatoms. The maximum absolute atomic E-state index is 7.00. The molecule has 0 N–H and O–H groups in total. The van der Waals surface area contributed by atoms with Gasteiger partial charge in [-0.3, -0.25) is 0 Å². The molecule has 0 aliphatic heterocycles. The summed E-state index contributed by atoms with van der Waals surface area (Å²) < 4.78 is 0. The molecule has 20 valence electrons. The molecule has 0 heterocycles. The summed E-state index contributed by atoms with van der Waals surface area (Å²) in [6.07, 6.45) is 0. The average Bonchev–Trinajstić information content (AvgIpc) is 1.00. The molecule has 0 spiro atoms. The van der Waals surface area contributed by atoms with Crippen molar-refractivity contribution in [2.45, 2.75) is 0 Å². The van der Waals surface area contributed by atoms with Gasteiger partial charge in [0.15, 0.2) is 0 Å². The molecule has 0 radical (unpaired) electrons. The Hall–Kier alpha value is 1.63. The second-order valence-electron chi connectivity index (χ2n) is 0. The molecule has 0 saturated heterocycles. The number of hydrogen-bond donors (Lipinski definition) is 0. The minimum absolute atomic E-state index is 0. The Balaban J connectivity index is -0.00000000500. The second kappa shape index (κ2) is 23.0. The van der Waals surface area contributed by atoms with Gasteiger partial charge in [-0.15, -0.1) is 0 Å². The van der Waals surface area contributed by atoms with E-state index >= 15 is 0 Å². The van der Waals surface area contributed by atoms with Crippen LogP contribution in [0.15, 0.2) is 0 Å². The molecule has 0 fully saturated rings. The van der Waals surface area contributed by atoms with Gasteiger partial charge in [0.05, 0.1) is 0 Å². The van der Waals surface area contributed by atoms with Gasteiger partial charge in [0.2, 0.25) is 0 Å². The normalized spacial score (nSPS) is 1.00. The average molecular weight is 100 g/mol. The fraction of sp³-hybridized carbons (Fsp3) is 0. The minimum atomic E-state index is 0. The quantitative estimate of drug-likeness (QED) is 0.338. The van der Waals surface area contributed by atoms with Crippen molar-refractivity contribution in [1.29, 1.82) is 0 Å². The van der Waals surface area contributed by atoms with E-state index in [1.165, 1.54) is 0 Å². The van der Waals surface area contributed by atoms with Crippen LogP contribution in [0.2, 0.25) is 0 Å². The van der Waals surface area contributed by atoms with E-state index in [1.807, 2.05) is 0 Å². The largest absolute Gasteiger partial charge is 0.316 e. The Bertz CT molecular complexity index is 6.00. The monoisotopic (exact) mass is 100.0 g/mol. The summed E-state index contributed by atoms with van der Waals surface area (Å²) in [5, 5.41) is 0. The maximum Gasteiger partial charge on any atom is 0.316 e. The van der Waals surface area contributed by atoms with Crippen LogP contribution < -0.4 is 0 Å². The van der Waals surface area contributed by atoms with Gasteiger partial charge in [-0.05, 0) is 0 Å². The second-order valence-corrected chi connectivity index (χ2v) is 0. The Kier molecular flexibility index (Phi) is 100. The van der Waals surface area contributed by atoms with Crippen LogP contribution in [0.1, 0.15) is 0 Å². The van der Waals surface area contributed by atoms with E-state index in [0.29, 0.717) is 0 Å². The van der Waals surface area contributed by atoms with Crippen LogP contribution in [-0.2, 0) is 0 Å². The maximum atomic E-state index is 7.00. The van der Waals surface area contributed by atoms with Crippen LogP contribution in [0.3, 0.4) is 0 Å². The molecule has 0 amide bonds. The van der Waals surface area contributed by atoms with Gasteiger partial charge < -0.3 is 0 Å². The van der Waals surface area contributed by atoms with Gasteiger partial charge in [-0.2, -0.15) is 0 Å². The van der Waals surface area contributed by atoms with Crippen molar-refractivity contribution in [2.75, 3.05) is 0 Å². The summed E-state index contributed by atoms with van der Waals surface area (Å²) in [6.45, 7) is 0. The molecular formula is H4CaMgO2. The Morgan fingerprint density at radius 2 is 1.00 bits per heavy atom. The molecule has 0 aliphatic carbocycles. The molecule has 0 rings (SSSR count). The molecule has 0 saturated carbocycles. The summed E-state index contributed by atoms with van der Waals surface area (Å²) >= 11 is 0. The molecule has 0 atom stereocenters. The third-order valence-corrected chi connectivity index (χ3v) is 0. The van der Waals surface area contributed by atoms with Crippen molar-refractivity contribution in [1.82, 2.24) is 0 Å². The zero-order valence-corrected chi connectivity index (χ0v) is 0.816. The van der Waals surface area contributed by atoms with E-state index in [2.05, 4.69) is 0 Å². The van der Waals surface area contributed by atoms with Crippen molar-refractivity contribution >= 4 is 60.8 Å². The first kappa shape index (κ1) is 17.5. The molecule has 0 aromatic carbocycles. The summed E-state index contributed by atoms with van der Waals surface area (Å²) in [6, 6.07) is 0. The zero-order valence-electron chi connectivity index (χ0n) is 0.816. The van der Waals surface area contributed by atoms with Gasteiger partial charge in [-0.25, -0.2) is 0 Å². The van der Waals surface area contributed by atoms with Crippen molar-refractivity contribution in [3.8, 4) is 0 Å². The predicted molar refractivity (Wildman–Crippen MR) is 23.8 cm³/mol. The minimum Gasteiger partial charge on any atom is 0.316 e. The fourth-order valence-corrected chi connectivity index (χ4v) is 0. The van der Waals surface area contributed by atoms with Crippen LogP contribution in [0.5, 0.6) is 0 Å². The Morgan fingerprint density at radius 3 is 1.00 bits per heavy atom. The van der Waals surface area contributed by atoms with Gasteiger partial charge in [-0.1, -0.05) is 0 Å². The summed E-state index contributed by atoms with van der Waals surface area (Å²) in [5.74, 6) is 0. The number of rotatable bonds is 0. The van der Waals surface area contributed by atoms with Gasteiger partial charge in [0, 0.05) is 9.93 Å². The summed E-state index contributed by atoms with van der Waals surface area (Å²) in [4.78, 5) is 14.0. The zero-order chi connectivity index (χ0) is 2.00. The van der Waals surface area contributed by atoms with Crippen molar-refractivity contribution in [3.63, 3.8) is 0 Å². The number of hydrogen-bond acceptors (Lipinski definition) is 2. The summed E-state index contributed by atoms with van der Waals surface area (Å²) in [7, 11) is 0. The molecule has 0 aromatic heterocycles. The van der Waals surface area contributed by atoms with E-state index in [0.717, 1.165) is 0 Å². The molecule has 0 aliphatic rings. The van der Waals surface area contributed by atoms with E-state index in [1.54, 1.807) is 0 Å². The van der Waals surface area contributed by atoms with E-state index < -0.39 is 0 Å². The van der Waals surface area contributed by atoms with Crippen LogP contribution in [-0.4, -0.2) is 60.8 Å². The first-order valence-corrected chi connectivity index (χ1v) is 0.167. The molecular weight excluding hydrogens is 96.4 g/mol. The molecule has 4 heavy (non-hydrogen) atoms. The van der Waals surface area contributed by atoms with Crippen molar-refractivity contribution in [3.05, 3.63) is 9.93 Å². The van der Waals surface area contributed by atoms with E-state index in [9.17, 15) is 0 Å². The van der Waals surface area contributed by atoms with E-state index in [-0.39, 0.29) is 60.8 Å².